The number of ketones is 1. The number of fused-ring (bicyclic) bond motifs is 1. The summed E-state index contributed by atoms with van der Waals surface area (Å²) in [5, 5.41) is 11.6. The Labute approximate surface area is 247 Å². The number of alkyl halides is 3. The zero-order valence-corrected chi connectivity index (χ0v) is 25.0. The van der Waals surface area contributed by atoms with Crippen LogP contribution in [0.25, 0.3) is 11.1 Å². The molecule has 2 aliphatic heterocycles. The van der Waals surface area contributed by atoms with E-state index < -0.39 is 12.1 Å². The summed E-state index contributed by atoms with van der Waals surface area (Å²) in [5.74, 6) is -2.29. The highest BCUT2D eigenvalue weighted by molar-refractivity contribution is 7.19. The number of carboxylic acids is 1. The van der Waals surface area contributed by atoms with Gasteiger partial charge in [0.1, 0.15) is 0 Å². The van der Waals surface area contributed by atoms with E-state index in [-0.39, 0.29) is 17.1 Å². The van der Waals surface area contributed by atoms with Crippen molar-refractivity contribution in [2.75, 3.05) is 51.3 Å². The Hall–Kier alpha value is -2.96. The first-order valence-corrected chi connectivity index (χ1v) is 15.0. The molecule has 2 saturated heterocycles. The molecule has 0 bridgehead atoms. The standard InChI is InChI=1S/C28H37N3O3S.C2HF3O2/c1-28(2)17-22-25(27(31-11-13-34-14-12-31)35-26(22)23(32)18-28)20-6-4-5-19(15-20)16-24(33)30-9-7-21(29-3)8-10-30;3-2(4,5)1(6)7/h4-6,15,21,29H,7-14,16-18H2,1-3H3;(H,6,7). The quantitative estimate of drug-likeness (QED) is 0.503. The van der Waals surface area contributed by atoms with Gasteiger partial charge in [-0.05, 0) is 48.4 Å². The molecule has 0 radical (unpaired) electrons. The zero-order chi connectivity index (χ0) is 30.7. The molecule has 1 aromatic heterocycles. The van der Waals surface area contributed by atoms with Crippen LogP contribution in [0.5, 0.6) is 0 Å². The number of thiophene rings is 1. The summed E-state index contributed by atoms with van der Waals surface area (Å²) in [4.78, 5) is 40.4. The number of ether oxygens (including phenoxy) is 1. The topological polar surface area (TPSA) is 99.2 Å². The minimum atomic E-state index is -5.08. The van der Waals surface area contributed by atoms with Crippen LogP contribution in [0.2, 0.25) is 0 Å². The lowest BCUT2D eigenvalue weighted by molar-refractivity contribution is -0.192. The summed E-state index contributed by atoms with van der Waals surface area (Å²) in [6, 6.07) is 8.96. The number of halogens is 3. The average Bonchev–Trinajstić information content (AvgIpc) is 3.32. The third-order valence-corrected chi connectivity index (χ3v) is 9.24. The van der Waals surface area contributed by atoms with Gasteiger partial charge in [-0.3, -0.25) is 9.59 Å². The fraction of sp³-hybridized carbons (Fsp3) is 0.567. The van der Waals surface area contributed by atoms with E-state index in [1.807, 2.05) is 11.9 Å². The van der Waals surface area contributed by atoms with Crippen LogP contribution in [0.15, 0.2) is 24.3 Å². The number of benzene rings is 1. The van der Waals surface area contributed by atoms with Crippen LogP contribution < -0.4 is 10.2 Å². The normalized spacial score (nSPS) is 19.1. The Morgan fingerprint density at radius 1 is 1.12 bits per heavy atom. The van der Waals surface area contributed by atoms with Gasteiger partial charge in [0.15, 0.2) is 5.78 Å². The van der Waals surface area contributed by atoms with Gasteiger partial charge < -0.3 is 25.0 Å². The number of hydrogen-bond acceptors (Lipinski definition) is 7. The Morgan fingerprint density at radius 3 is 2.36 bits per heavy atom. The first-order chi connectivity index (χ1) is 19.8. The first kappa shape index (κ1) is 32.0. The average molecular weight is 610 g/mol. The number of anilines is 1. The van der Waals surface area contributed by atoms with Crippen LogP contribution in [0.1, 0.15) is 53.9 Å². The predicted octanol–water partition coefficient (Wildman–Crippen LogP) is 4.79. The number of rotatable bonds is 5. The summed E-state index contributed by atoms with van der Waals surface area (Å²) in [5.41, 5.74) is 4.49. The van der Waals surface area contributed by atoms with Crippen molar-refractivity contribution < 1.29 is 37.4 Å². The molecule has 2 N–H and O–H groups in total. The second kappa shape index (κ2) is 13.1. The van der Waals surface area contributed by atoms with Crippen molar-refractivity contribution in [3.05, 3.63) is 40.3 Å². The molecule has 2 fully saturated rings. The van der Waals surface area contributed by atoms with E-state index in [9.17, 15) is 22.8 Å². The van der Waals surface area contributed by atoms with Gasteiger partial charge >= 0.3 is 12.1 Å². The van der Waals surface area contributed by atoms with E-state index in [2.05, 4.69) is 48.3 Å². The van der Waals surface area contributed by atoms with Gasteiger partial charge in [-0.25, -0.2) is 4.79 Å². The number of carbonyl (C=O) groups excluding carboxylic acids is 2. The highest BCUT2D eigenvalue weighted by Gasteiger charge is 2.38. The fourth-order valence-corrected chi connectivity index (χ4v) is 7.06. The molecular formula is C30H38F3N3O5S. The molecule has 0 unspecified atom stereocenters. The monoisotopic (exact) mass is 609 g/mol. The minimum absolute atomic E-state index is 0.0464. The van der Waals surface area contributed by atoms with E-state index in [4.69, 9.17) is 14.6 Å². The lowest BCUT2D eigenvalue weighted by atomic mass is 9.75. The molecule has 0 saturated carbocycles. The first-order valence-electron chi connectivity index (χ1n) is 14.1. The van der Waals surface area contributed by atoms with Crippen molar-refractivity contribution in [1.82, 2.24) is 10.2 Å². The van der Waals surface area contributed by atoms with Crippen molar-refractivity contribution in [3.63, 3.8) is 0 Å². The molecule has 2 aromatic rings. The number of piperidine rings is 1. The highest BCUT2D eigenvalue weighted by atomic mass is 32.1. The fourth-order valence-electron chi connectivity index (χ4n) is 5.73. The maximum Gasteiger partial charge on any atom is 0.490 e. The van der Waals surface area contributed by atoms with E-state index in [0.717, 1.165) is 61.4 Å². The minimum Gasteiger partial charge on any atom is -0.475 e. The smallest absolute Gasteiger partial charge is 0.475 e. The number of carboxylic acid groups (broad SMARTS) is 1. The number of morpholine rings is 1. The van der Waals surface area contributed by atoms with Crippen molar-refractivity contribution >= 4 is 34.0 Å². The number of Topliss-reactive ketones (excluding diaryl/α,β-unsaturated/α-hetero) is 1. The number of aliphatic carboxylic acids is 1. The maximum atomic E-state index is 13.1. The zero-order valence-electron chi connectivity index (χ0n) is 24.2. The molecule has 42 heavy (non-hydrogen) atoms. The van der Waals surface area contributed by atoms with Gasteiger partial charge in [0.25, 0.3) is 0 Å². The molecule has 3 aliphatic rings. The molecule has 3 heterocycles. The molecule has 1 amide bonds. The number of carbonyl (C=O) groups is 3. The second-order valence-electron chi connectivity index (χ2n) is 11.8. The second-order valence-corrected chi connectivity index (χ2v) is 12.8. The van der Waals surface area contributed by atoms with Gasteiger partial charge in [-0.15, -0.1) is 11.3 Å². The highest BCUT2D eigenvalue weighted by Crippen LogP contribution is 2.49. The summed E-state index contributed by atoms with van der Waals surface area (Å²) < 4.78 is 37.3. The van der Waals surface area contributed by atoms with Gasteiger partial charge in [0, 0.05) is 44.2 Å². The van der Waals surface area contributed by atoms with Crippen molar-refractivity contribution in [1.29, 1.82) is 0 Å². The summed E-state index contributed by atoms with van der Waals surface area (Å²) in [6.45, 7) is 9.11. The SMILES string of the molecule is CNC1CCN(C(=O)Cc2cccc(-c3c(N4CCOCC4)sc4c3CC(C)(C)CC4=O)c2)CC1.O=C(O)C(F)(F)F. The van der Waals surface area contributed by atoms with Crippen molar-refractivity contribution in [3.8, 4) is 11.1 Å². The molecule has 5 rings (SSSR count). The number of nitrogens with zero attached hydrogens (tertiary/aromatic N) is 2. The third-order valence-electron chi connectivity index (χ3n) is 7.90. The summed E-state index contributed by atoms with van der Waals surface area (Å²) in [7, 11) is 2.00. The van der Waals surface area contributed by atoms with Crippen LogP contribution in [0.3, 0.4) is 0 Å². The number of likely N-dealkylation sites (tertiary alicyclic amines) is 1. The lowest BCUT2D eigenvalue weighted by Crippen LogP contribution is -2.44. The van der Waals surface area contributed by atoms with Crippen molar-refractivity contribution in [2.45, 2.75) is 58.2 Å². The largest absolute Gasteiger partial charge is 0.490 e. The van der Waals surface area contributed by atoms with Crippen LogP contribution in [-0.4, -0.2) is 86.3 Å². The van der Waals surface area contributed by atoms with Crippen LogP contribution in [0, 0.1) is 5.41 Å². The van der Waals surface area contributed by atoms with E-state index >= 15 is 0 Å². The van der Waals surface area contributed by atoms with Crippen molar-refractivity contribution in [2.24, 2.45) is 5.41 Å². The molecule has 8 nitrogen and oxygen atoms in total. The number of hydrogen-bond donors (Lipinski definition) is 2. The summed E-state index contributed by atoms with van der Waals surface area (Å²) in [6.07, 6.45) is -1.15. The molecule has 230 valence electrons. The van der Waals surface area contributed by atoms with Gasteiger partial charge in [0.2, 0.25) is 5.91 Å². The van der Waals surface area contributed by atoms with E-state index in [1.165, 1.54) is 16.1 Å². The predicted molar refractivity (Wildman–Crippen MR) is 155 cm³/mol. The molecule has 1 aromatic carbocycles. The Morgan fingerprint density at radius 2 is 1.76 bits per heavy atom. The Kier molecular flexibility index (Phi) is 9.99. The molecule has 1 aliphatic carbocycles. The van der Waals surface area contributed by atoms with Gasteiger partial charge in [-0.1, -0.05) is 38.1 Å². The van der Waals surface area contributed by atoms with Gasteiger partial charge in [0.05, 0.1) is 29.5 Å². The molecular weight excluding hydrogens is 571 g/mol. The van der Waals surface area contributed by atoms with Crippen LogP contribution >= 0.6 is 11.3 Å². The summed E-state index contributed by atoms with van der Waals surface area (Å²) >= 11 is 1.66. The van der Waals surface area contributed by atoms with E-state index in [0.29, 0.717) is 32.1 Å². The van der Waals surface area contributed by atoms with Crippen LogP contribution in [0.4, 0.5) is 18.2 Å². The molecule has 0 spiro atoms. The van der Waals surface area contributed by atoms with E-state index in [1.54, 1.807) is 11.3 Å². The molecule has 0 atom stereocenters. The number of amides is 1. The third kappa shape index (κ3) is 7.70. The lowest BCUT2D eigenvalue weighted by Gasteiger charge is -2.32. The Balaban J connectivity index is 0.000000517. The Bertz CT molecular complexity index is 1300. The maximum absolute atomic E-state index is 13.1. The number of nitrogens with one attached hydrogen (secondary N) is 1. The van der Waals surface area contributed by atoms with Crippen LogP contribution in [-0.2, 0) is 27.2 Å². The van der Waals surface area contributed by atoms with Gasteiger partial charge in [-0.2, -0.15) is 13.2 Å². The molecule has 12 heteroatoms.